The van der Waals surface area contributed by atoms with Crippen molar-refractivity contribution in [2.75, 3.05) is 0 Å². The van der Waals surface area contributed by atoms with Crippen molar-refractivity contribution in [2.45, 2.75) is 68.2 Å². The fraction of sp³-hybridized carbons (Fsp3) is 1.00. The van der Waals surface area contributed by atoms with Crippen molar-refractivity contribution in [1.29, 1.82) is 0 Å². The van der Waals surface area contributed by atoms with Crippen LogP contribution in [-0.4, -0.2) is 0 Å². The molecule has 0 rings (SSSR count). The van der Waals surface area contributed by atoms with Crippen LogP contribution >= 0.6 is 0 Å². The molecule has 0 aliphatic heterocycles. The summed E-state index contributed by atoms with van der Waals surface area (Å²) < 4.78 is 0. The number of hydrogen-bond donors (Lipinski definition) is 0. The molecular weight excluding hydrogens is 192 g/mol. The first-order chi connectivity index (χ1) is 7.36. The molecule has 0 nitrogen and oxygen atoms in total. The smallest absolute Gasteiger partial charge is 0.0386 e. The molecule has 0 saturated heterocycles. The molecule has 0 heterocycles. The lowest BCUT2D eigenvalue weighted by molar-refractivity contribution is 0.136. The molecule has 0 aliphatic rings. The Labute approximate surface area is 104 Å². The lowest BCUT2D eigenvalue weighted by Gasteiger charge is -2.35. The molecule has 6 atom stereocenters. The summed E-state index contributed by atoms with van der Waals surface area (Å²) in [6, 6.07) is 0. The quantitative estimate of drug-likeness (QED) is 0.528. The minimum absolute atomic E-state index is 0.846. The zero-order valence-corrected chi connectivity index (χ0v) is 12.9. The second-order valence-electron chi connectivity index (χ2n) is 6.21. The van der Waals surface area contributed by atoms with Gasteiger partial charge >= 0.3 is 0 Å². The Hall–Kier alpha value is 0. The van der Waals surface area contributed by atoms with Gasteiger partial charge in [-0.3, -0.25) is 0 Å². The van der Waals surface area contributed by atoms with Crippen LogP contribution in [0.5, 0.6) is 0 Å². The van der Waals surface area contributed by atoms with E-state index < -0.39 is 0 Å². The van der Waals surface area contributed by atoms with Crippen molar-refractivity contribution in [3.05, 3.63) is 0 Å². The van der Waals surface area contributed by atoms with Crippen LogP contribution in [0.15, 0.2) is 0 Å². The van der Waals surface area contributed by atoms with Crippen molar-refractivity contribution in [2.24, 2.45) is 35.5 Å². The van der Waals surface area contributed by atoms with Crippen molar-refractivity contribution in [1.82, 2.24) is 0 Å². The normalized spacial score (nSPS) is 23.2. The van der Waals surface area contributed by atoms with Gasteiger partial charge < -0.3 is 0 Å². The Morgan fingerprint density at radius 2 is 0.750 bits per heavy atom. The summed E-state index contributed by atoms with van der Waals surface area (Å²) in [5, 5.41) is 0. The fourth-order valence-electron chi connectivity index (χ4n) is 2.74. The Kier molecular flexibility index (Phi) is 7.35. The maximum Gasteiger partial charge on any atom is -0.0386 e. The average molecular weight is 226 g/mol. The highest BCUT2D eigenvalue weighted by Crippen LogP contribution is 2.35. The van der Waals surface area contributed by atoms with E-state index in [1.165, 1.54) is 12.8 Å². The van der Waals surface area contributed by atoms with E-state index in [1.54, 1.807) is 0 Å². The van der Waals surface area contributed by atoms with E-state index in [2.05, 4.69) is 55.4 Å². The van der Waals surface area contributed by atoms with Gasteiger partial charge in [-0.25, -0.2) is 0 Å². The summed E-state index contributed by atoms with van der Waals surface area (Å²) in [6.07, 6.45) is 2.63. The maximum absolute atomic E-state index is 2.46. The molecule has 0 aromatic rings. The molecule has 0 amide bonds. The third-order valence-electron chi connectivity index (χ3n) is 5.57. The SMILES string of the molecule is CCC(C)C(C)C(C)C(C)C(C)C(C)CC. The van der Waals surface area contributed by atoms with Crippen LogP contribution in [-0.2, 0) is 0 Å². The highest BCUT2D eigenvalue weighted by molar-refractivity contribution is 4.77. The van der Waals surface area contributed by atoms with E-state index in [0.717, 1.165) is 35.5 Å². The van der Waals surface area contributed by atoms with Crippen LogP contribution in [0.3, 0.4) is 0 Å². The first kappa shape index (κ1) is 16.0. The van der Waals surface area contributed by atoms with Crippen molar-refractivity contribution >= 4 is 0 Å². The van der Waals surface area contributed by atoms with E-state index >= 15 is 0 Å². The van der Waals surface area contributed by atoms with E-state index in [4.69, 9.17) is 0 Å². The topological polar surface area (TPSA) is 0 Å². The molecule has 0 radical (unpaired) electrons. The molecule has 98 valence electrons. The Morgan fingerprint density at radius 1 is 0.500 bits per heavy atom. The van der Waals surface area contributed by atoms with Crippen LogP contribution < -0.4 is 0 Å². The second kappa shape index (κ2) is 7.35. The van der Waals surface area contributed by atoms with Crippen molar-refractivity contribution < 1.29 is 0 Å². The Balaban J connectivity index is 4.41. The van der Waals surface area contributed by atoms with Gasteiger partial charge in [0.2, 0.25) is 0 Å². The van der Waals surface area contributed by atoms with Crippen LogP contribution in [0, 0.1) is 35.5 Å². The van der Waals surface area contributed by atoms with Crippen LogP contribution in [0.1, 0.15) is 68.2 Å². The minimum atomic E-state index is 0.846. The zero-order chi connectivity index (χ0) is 12.9. The summed E-state index contributed by atoms with van der Waals surface area (Å²) in [4.78, 5) is 0. The summed E-state index contributed by atoms with van der Waals surface area (Å²) in [5.74, 6) is 5.12. The minimum Gasteiger partial charge on any atom is -0.0651 e. The average Bonchev–Trinajstić information content (AvgIpc) is 2.32. The van der Waals surface area contributed by atoms with E-state index in [9.17, 15) is 0 Å². The van der Waals surface area contributed by atoms with Gasteiger partial charge in [-0.1, -0.05) is 68.2 Å². The van der Waals surface area contributed by atoms with Gasteiger partial charge in [0, 0.05) is 0 Å². The van der Waals surface area contributed by atoms with Crippen molar-refractivity contribution in [3.8, 4) is 0 Å². The first-order valence-corrected chi connectivity index (χ1v) is 7.36. The molecular formula is C16H34. The van der Waals surface area contributed by atoms with Crippen LogP contribution in [0.4, 0.5) is 0 Å². The van der Waals surface area contributed by atoms with Gasteiger partial charge in [0.05, 0.1) is 0 Å². The highest BCUT2D eigenvalue weighted by atomic mass is 14.3. The molecule has 0 fully saturated rings. The number of rotatable bonds is 7. The predicted molar refractivity (Wildman–Crippen MR) is 75.6 cm³/mol. The van der Waals surface area contributed by atoms with E-state index in [-0.39, 0.29) is 0 Å². The third kappa shape index (κ3) is 4.11. The largest absolute Gasteiger partial charge is 0.0651 e. The van der Waals surface area contributed by atoms with Crippen LogP contribution in [0.2, 0.25) is 0 Å². The molecule has 0 aromatic heterocycles. The molecule has 0 bridgehead atoms. The molecule has 6 unspecified atom stereocenters. The summed E-state index contributed by atoms with van der Waals surface area (Å²) in [5.41, 5.74) is 0. The maximum atomic E-state index is 2.46. The summed E-state index contributed by atoms with van der Waals surface area (Å²) in [7, 11) is 0. The molecule has 0 aliphatic carbocycles. The van der Waals surface area contributed by atoms with Gasteiger partial charge in [0.15, 0.2) is 0 Å². The van der Waals surface area contributed by atoms with E-state index in [1.807, 2.05) is 0 Å². The lowest BCUT2D eigenvalue weighted by Crippen LogP contribution is -2.28. The Morgan fingerprint density at radius 3 is 0.938 bits per heavy atom. The van der Waals surface area contributed by atoms with Gasteiger partial charge in [-0.05, 0) is 35.5 Å². The molecule has 0 heteroatoms. The first-order valence-electron chi connectivity index (χ1n) is 7.36. The fourth-order valence-corrected chi connectivity index (χ4v) is 2.74. The monoisotopic (exact) mass is 226 g/mol. The summed E-state index contributed by atoms with van der Waals surface area (Å²) in [6.45, 7) is 19.2. The number of hydrogen-bond acceptors (Lipinski definition) is 0. The van der Waals surface area contributed by atoms with Crippen LogP contribution in [0.25, 0.3) is 0 Å². The standard InChI is InChI=1S/C16H34/c1-9-11(3)13(5)15(7)16(8)14(6)12(4)10-2/h11-16H,9-10H2,1-8H3. The lowest BCUT2D eigenvalue weighted by atomic mass is 9.70. The zero-order valence-electron chi connectivity index (χ0n) is 12.9. The molecule has 0 N–H and O–H groups in total. The van der Waals surface area contributed by atoms with E-state index in [0.29, 0.717) is 0 Å². The summed E-state index contributed by atoms with van der Waals surface area (Å²) >= 11 is 0. The van der Waals surface area contributed by atoms with Gasteiger partial charge in [-0.15, -0.1) is 0 Å². The van der Waals surface area contributed by atoms with Gasteiger partial charge in [0.1, 0.15) is 0 Å². The molecule has 0 saturated carbocycles. The molecule has 0 aromatic carbocycles. The van der Waals surface area contributed by atoms with Gasteiger partial charge in [0.25, 0.3) is 0 Å². The highest BCUT2D eigenvalue weighted by Gasteiger charge is 2.28. The van der Waals surface area contributed by atoms with Crippen molar-refractivity contribution in [3.63, 3.8) is 0 Å². The van der Waals surface area contributed by atoms with Gasteiger partial charge in [-0.2, -0.15) is 0 Å². The Bertz CT molecular complexity index is 153. The molecule has 0 spiro atoms. The third-order valence-corrected chi connectivity index (χ3v) is 5.57. The second-order valence-corrected chi connectivity index (χ2v) is 6.21. The predicted octanol–water partition coefficient (Wildman–Crippen LogP) is 5.62. The molecule has 16 heavy (non-hydrogen) atoms.